The Bertz CT molecular complexity index is 628. The van der Waals surface area contributed by atoms with E-state index in [1.807, 2.05) is 29.2 Å². The van der Waals surface area contributed by atoms with E-state index in [2.05, 4.69) is 4.72 Å². The fourth-order valence-electron chi connectivity index (χ4n) is 2.76. The van der Waals surface area contributed by atoms with Gasteiger partial charge in [0.05, 0.1) is 19.8 Å². The Morgan fingerprint density at radius 3 is 2.65 bits per heavy atom. The van der Waals surface area contributed by atoms with E-state index in [-0.39, 0.29) is 11.8 Å². The predicted octanol–water partition coefficient (Wildman–Crippen LogP) is 1.03. The normalized spacial score (nSPS) is 18.7. The number of methoxy groups -OCH3 is 1. The van der Waals surface area contributed by atoms with E-state index in [9.17, 15) is 13.2 Å². The number of rotatable bonds is 6. The van der Waals surface area contributed by atoms with Crippen LogP contribution in [0.3, 0.4) is 0 Å². The van der Waals surface area contributed by atoms with E-state index in [0.717, 1.165) is 37.0 Å². The fourth-order valence-corrected chi connectivity index (χ4v) is 3.30. The fraction of sp³-hybridized carbons (Fsp3) is 0.562. The smallest absolute Gasteiger partial charge is 0.226 e. The first-order valence-corrected chi connectivity index (χ1v) is 9.62. The molecule has 0 radical (unpaired) electrons. The van der Waals surface area contributed by atoms with Crippen molar-refractivity contribution in [3.05, 3.63) is 29.8 Å². The van der Waals surface area contributed by atoms with Crippen LogP contribution in [0.25, 0.3) is 0 Å². The van der Waals surface area contributed by atoms with Gasteiger partial charge < -0.3 is 9.64 Å². The Morgan fingerprint density at radius 2 is 2.04 bits per heavy atom. The third-order valence-corrected chi connectivity index (χ3v) is 4.71. The zero-order valence-electron chi connectivity index (χ0n) is 13.6. The summed E-state index contributed by atoms with van der Waals surface area (Å²) in [6.45, 7) is 1.74. The first-order valence-electron chi connectivity index (χ1n) is 7.73. The van der Waals surface area contributed by atoms with Gasteiger partial charge in [-0.3, -0.25) is 4.79 Å². The lowest BCUT2D eigenvalue weighted by molar-refractivity contribution is -0.132. The second kappa shape index (κ2) is 7.79. The molecule has 6 nitrogen and oxygen atoms in total. The molecule has 0 saturated carbocycles. The van der Waals surface area contributed by atoms with Gasteiger partial charge in [0.1, 0.15) is 5.75 Å². The maximum atomic E-state index is 12.4. The number of hydrogen-bond acceptors (Lipinski definition) is 4. The van der Waals surface area contributed by atoms with Crippen LogP contribution in [0.1, 0.15) is 18.4 Å². The first-order chi connectivity index (χ1) is 10.9. The highest BCUT2D eigenvalue weighted by molar-refractivity contribution is 7.88. The lowest BCUT2D eigenvalue weighted by Gasteiger charge is -2.33. The lowest BCUT2D eigenvalue weighted by Crippen LogP contribution is -2.44. The largest absolute Gasteiger partial charge is 0.497 e. The summed E-state index contributed by atoms with van der Waals surface area (Å²) < 4.78 is 30.0. The molecule has 1 aromatic carbocycles. The molecule has 1 aromatic rings. The van der Waals surface area contributed by atoms with Crippen LogP contribution in [0.4, 0.5) is 0 Å². The van der Waals surface area contributed by atoms with E-state index in [0.29, 0.717) is 19.5 Å². The lowest BCUT2D eigenvalue weighted by atomic mass is 9.97. The van der Waals surface area contributed by atoms with Crippen molar-refractivity contribution in [2.24, 2.45) is 5.92 Å². The van der Waals surface area contributed by atoms with Gasteiger partial charge in [-0.1, -0.05) is 12.1 Å². The summed E-state index contributed by atoms with van der Waals surface area (Å²) in [4.78, 5) is 14.3. The van der Waals surface area contributed by atoms with Gasteiger partial charge in [-0.05, 0) is 36.5 Å². The molecule has 23 heavy (non-hydrogen) atoms. The van der Waals surface area contributed by atoms with Crippen molar-refractivity contribution in [3.8, 4) is 5.75 Å². The molecule has 1 saturated heterocycles. The van der Waals surface area contributed by atoms with Crippen molar-refractivity contribution in [1.29, 1.82) is 0 Å². The van der Waals surface area contributed by atoms with Gasteiger partial charge in [-0.15, -0.1) is 0 Å². The SMILES string of the molecule is COc1ccc(CC(=O)N2CCC[C@@H](CNS(C)(=O)=O)C2)cc1. The van der Waals surface area contributed by atoms with Crippen LogP contribution < -0.4 is 9.46 Å². The molecule has 0 bridgehead atoms. The van der Waals surface area contributed by atoms with Crippen LogP contribution in [-0.2, 0) is 21.2 Å². The number of hydrogen-bond donors (Lipinski definition) is 1. The summed E-state index contributed by atoms with van der Waals surface area (Å²) in [5.74, 6) is 1.03. The molecule has 1 aliphatic heterocycles. The molecular formula is C16H24N2O4S. The molecule has 1 atom stereocenters. The number of carbonyl (C=O) groups excluding carboxylic acids is 1. The van der Waals surface area contributed by atoms with Gasteiger partial charge >= 0.3 is 0 Å². The minimum atomic E-state index is -3.18. The number of sulfonamides is 1. The van der Waals surface area contributed by atoms with Gasteiger partial charge in [-0.25, -0.2) is 13.1 Å². The Hall–Kier alpha value is -1.60. The van der Waals surface area contributed by atoms with Gasteiger partial charge in [-0.2, -0.15) is 0 Å². The van der Waals surface area contributed by atoms with Crippen molar-refractivity contribution < 1.29 is 17.9 Å². The number of carbonyl (C=O) groups is 1. The van der Waals surface area contributed by atoms with Crippen LogP contribution in [0.15, 0.2) is 24.3 Å². The molecule has 1 fully saturated rings. The van der Waals surface area contributed by atoms with Crippen molar-refractivity contribution in [2.75, 3.05) is 33.0 Å². The Kier molecular flexibility index (Phi) is 6.01. The molecule has 0 aromatic heterocycles. The van der Waals surface area contributed by atoms with Gasteiger partial charge in [0, 0.05) is 19.6 Å². The average Bonchev–Trinajstić information content (AvgIpc) is 2.53. The molecule has 1 aliphatic rings. The highest BCUT2D eigenvalue weighted by Crippen LogP contribution is 2.18. The van der Waals surface area contributed by atoms with E-state index >= 15 is 0 Å². The second-order valence-electron chi connectivity index (χ2n) is 5.99. The third kappa shape index (κ3) is 5.84. The zero-order valence-corrected chi connectivity index (χ0v) is 14.4. The Labute approximate surface area is 137 Å². The summed E-state index contributed by atoms with van der Waals surface area (Å²) in [5, 5.41) is 0. The molecule has 1 N–H and O–H groups in total. The summed E-state index contributed by atoms with van der Waals surface area (Å²) in [7, 11) is -1.57. The molecule has 0 spiro atoms. The summed E-state index contributed by atoms with van der Waals surface area (Å²) in [6, 6.07) is 7.47. The quantitative estimate of drug-likeness (QED) is 0.839. The number of likely N-dealkylation sites (tertiary alicyclic amines) is 1. The molecule has 1 amide bonds. The second-order valence-corrected chi connectivity index (χ2v) is 7.83. The highest BCUT2D eigenvalue weighted by atomic mass is 32.2. The van der Waals surface area contributed by atoms with E-state index in [1.165, 1.54) is 0 Å². The topological polar surface area (TPSA) is 75.7 Å². The van der Waals surface area contributed by atoms with Gasteiger partial charge in [0.2, 0.25) is 15.9 Å². The number of ether oxygens (including phenoxy) is 1. The number of piperidine rings is 1. The van der Waals surface area contributed by atoms with Crippen LogP contribution in [0.5, 0.6) is 5.75 Å². The third-order valence-electron chi connectivity index (χ3n) is 4.02. The molecule has 1 heterocycles. The zero-order chi connectivity index (χ0) is 16.9. The summed E-state index contributed by atoms with van der Waals surface area (Å²) in [5.41, 5.74) is 0.951. The predicted molar refractivity (Wildman–Crippen MR) is 88.8 cm³/mol. The Morgan fingerprint density at radius 1 is 1.35 bits per heavy atom. The van der Waals surface area contributed by atoms with Gasteiger partial charge in [0.25, 0.3) is 0 Å². The minimum Gasteiger partial charge on any atom is -0.497 e. The standard InChI is InChI=1S/C16H24N2O4S/c1-22-15-7-5-13(6-8-15)10-16(19)18-9-3-4-14(12-18)11-17-23(2,20)21/h5-8,14,17H,3-4,9-12H2,1-2H3/t14-/m0/s1. The van der Waals surface area contributed by atoms with Crippen molar-refractivity contribution in [2.45, 2.75) is 19.3 Å². The van der Waals surface area contributed by atoms with E-state index in [1.54, 1.807) is 7.11 Å². The molecule has 0 unspecified atom stereocenters. The number of benzene rings is 1. The number of amides is 1. The van der Waals surface area contributed by atoms with Crippen LogP contribution in [-0.4, -0.2) is 52.2 Å². The van der Waals surface area contributed by atoms with Crippen LogP contribution in [0, 0.1) is 5.92 Å². The van der Waals surface area contributed by atoms with Crippen molar-refractivity contribution >= 4 is 15.9 Å². The first kappa shape index (κ1) is 17.7. The monoisotopic (exact) mass is 340 g/mol. The minimum absolute atomic E-state index is 0.0826. The molecule has 0 aliphatic carbocycles. The summed E-state index contributed by atoms with van der Waals surface area (Å²) >= 11 is 0. The number of nitrogens with zero attached hydrogens (tertiary/aromatic N) is 1. The molecule has 2 rings (SSSR count). The average molecular weight is 340 g/mol. The number of nitrogens with one attached hydrogen (secondary N) is 1. The van der Waals surface area contributed by atoms with Crippen molar-refractivity contribution in [3.63, 3.8) is 0 Å². The van der Waals surface area contributed by atoms with E-state index < -0.39 is 10.0 Å². The maximum Gasteiger partial charge on any atom is 0.226 e. The molecule has 128 valence electrons. The molecular weight excluding hydrogens is 316 g/mol. The van der Waals surface area contributed by atoms with Crippen LogP contribution in [0.2, 0.25) is 0 Å². The maximum absolute atomic E-state index is 12.4. The molecule has 7 heteroatoms. The van der Waals surface area contributed by atoms with Gasteiger partial charge in [0.15, 0.2) is 0 Å². The van der Waals surface area contributed by atoms with Crippen molar-refractivity contribution in [1.82, 2.24) is 9.62 Å². The van der Waals surface area contributed by atoms with E-state index in [4.69, 9.17) is 4.74 Å². The summed E-state index contributed by atoms with van der Waals surface area (Å²) in [6.07, 6.45) is 3.36. The van der Waals surface area contributed by atoms with Crippen LogP contribution >= 0.6 is 0 Å². The highest BCUT2D eigenvalue weighted by Gasteiger charge is 2.24. The Balaban J connectivity index is 1.88.